The van der Waals surface area contributed by atoms with E-state index < -0.39 is 12.0 Å². The fourth-order valence-electron chi connectivity index (χ4n) is 4.16. The molecule has 2 unspecified atom stereocenters. The van der Waals surface area contributed by atoms with Gasteiger partial charge in [-0.05, 0) is 38.3 Å². The SMILES string of the molecule is CCOC(=O)N(c1c(C(=O)N(C)OC)oc2ccc(-c3cn(C)nn3)nc12)C1CCOC(CC)C1. The van der Waals surface area contributed by atoms with Gasteiger partial charge >= 0.3 is 12.0 Å². The van der Waals surface area contributed by atoms with Crippen LogP contribution in [0.15, 0.2) is 22.7 Å². The lowest BCUT2D eigenvalue weighted by molar-refractivity contribution is -0.0772. The third kappa shape index (κ3) is 4.84. The van der Waals surface area contributed by atoms with Crippen molar-refractivity contribution in [3.63, 3.8) is 0 Å². The summed E-state index contributed by atoms with van der Waals surface area (Å²) in [6.07, 6.45) is 3.07. The number of ether oxygens (including phenoxy) is 2. The molecule has 3 aromatic rings. The van der Waals surface area contributed by atoms with Crippen molar-refractivity contribution < 1.29 is 28.3 Å². The minimum absolute atomic E-state index is 0.0206. The average molecular weight is 487 g/mol. The summed E-state index contributed by atoms with van der Waals surface area (Å²) >= 11 is 0. The number of carbonyl (C=O) groups is 2. The van der Waals surface area contributed by atoms with Crippen LogP contribution in [0.3, 0.4) is 0 Å². The van der Waals surface area contributed by atoms with Crippen LogP contribution in [0.5, 0.6) is 0 Å². The summed E-state index contributed by atoms with van der Waals surface area (Å²) in [5, 5.41) is 9.13. The van der Waals surface area contributed by atoms with Gasteiger partial charge in [-0.1, -0.05) is 12.1 Å². The number of anilines is 1. The van der Waals surface area contributed by atoms with E-state index in [0.29, 0.717) is 41.9 Å². The lowest BCUT2D eigenvalue weighted by Crippen LogP contribution is -2.47. The number of hydrogen-bond acceptors (Lipinski definition) is 9. The van der Waals surface area contributed by atoms with Gasteiger partial charge in [0.1, 0.15) is 16.9 Å². The Hall–Kier alpha value is -3.51. The molecule has 0 spiro atoms. The molecular weight excluding hydrogens is 456 g/mol. The predicted molar refractivity (Wildman–Crippen MR) is 126 cm³/mol. The molecule has 1 fully saturated rings. The topological polar surface area (TPSA) is 125 Å². The number of furan rings is 1. The van der Waals surface area contributed by atoms with Crippen molar-refractivity contribution in [2.75, 3.05) is 32.3 Å². The van der Waals surface area contributed by atoms with Gasteiger partial charge in [-0.3, -0.25) is 19.2 Å². The molecular formula is C23H30N6O6. The quantitative estimate of drug-likeness (QED) is 0.463. The molecule has 0 aromatic carbocycles. The van der Waals surface area contributed by atoms with Crippen molar-refractivity contribution in [1.29, 1.82) is 0 Å². The Morgan fingerprint density at radius 2 is 2.06 bits per heavy atom. The average Bonchev–Trinajstić information content (AvgIpc) is 3.47. The van der Waals surface area contributed by atoms with Gasteiger partial charge in [0.25, 0.3) is 0 Å². The molecule has 1 saturated heterocycles. The molecule has 0 aliphatic carbocycles. The van der Waals surface area contributed by atoms with E-state index in [2.05, 4.69) is 10.3 Å². The maximum absolute atomic E-state index is 13.4. The largest absolute Gasteiger partial charge is 0.449 e. The van der Waals surface area contributed by atoms with Crippen molar-refractivity contribution in [3.05, 3.63) is 24.1 Å². The van der Waals surface area contributed by atoms with Gasteiger partial charge in [-0.2, -0.15) is 0 Å². The van der Waals surface area contributed by atoms with Crippen LogP contribution < -0.4 is 4.90 Å². The number of aromatic nitrogens is 4. The summed E-state index contributed by atoms with van der Waals surface area (Å²) in [6.45, 7) is 4.42. The molecule has 0 N–H and O–H groups in total. The van der Waals surface area contributed by atoms with E-state index in [-0.39, 0.29) is 30.2 Å². The van der Waals surface area contributed by atoms with E-state index in [4.69, 9.17) is 23.7 Å². The van der Waals surface area contributed by atoms with E-state index in [1.807, 2.05) is 6.92 Å². The second-order valence-electron chi connectivity index (χ2n) is 8.23. The van der Waals surface area contributed by atoms with Crippen molar-refractivity contribution in [1.82, 2.24) is 25.0 Å². The molecule has 35 heavy (non-hydrogen) atoms. The maximum Gasteiger partial charge on any atom is 0.414 e. The van der Waals surface area contributed by atoms with Crippen LogP contribution in [0.2, 0.25) is 0 Å². The minimum atomic E-state index is -0.585. The van der Waals surface area contributed by atoms with Crippen molar-refractivity contribution in [2.24, 2.45) is 7.05 Å². The Labute approximate surface area is 202 Å². The zero-order valence-electron chi connectivity index (χ0n) is 20.6. The molecule has 4 rings (SSSR count). The fraction of sp³-hybridized carbons (Fsp3) is 0.522. The zero-order chi connectivity index (χ0) is 25.1. The number of pyridine rings is 1. The highest BCUT2D eigenvalue weighted by molar-refractivity contribution is 6.09. The molecule has 0 radical (unpaired) electrons. The molecule has 188 valence electrons. The van der Waals surface area contributed by atoms with Crippen molar-refractivity contribution in [2.45, 2.75) is 45.3 Å². The normalized spacial score (nSPS) is 18.0. The Bertz CT molecular complexity index is 1210. The number of aryl methyl sites for hydroxylation is 1. The Morgan fingerprint density at radius 3 is 2.71 bits per heavy atom. The first-order valence-corrected chi connectivity index (χ1v) is 11.6. The highest BCUT2D eigenvalue weighted by Crippen LogP contribution is 2.38. The Balaban J connectivity index is 1.93. The predicted octanol–water partition coefficient (Wildman–Crippen LogP) is 3.18. The van der Waals surface area contributed by atoms with Crippen LogP contribution in [0, 0.1) is 0 Å². The van der Waals surface area contributed by atoms with Gasteiger partial charge < -0.3 is 13.9 Å². The summed E-state index contributed by atoms with van der Waals surface area (Å²) in [5.41, 5.74) is 1.99. The molecule has 12 nitrogen and oxygen atoms in total. The Kier molecular flexibility index (Phi) is 7.31. The van der Waals surface area contributed by atoms with Crippen LogP contribution in [-0.4, -0.2) is 76.6 Å². The summed E-state index contributed by atoms with van der Waals surface area (Å²) in [5.74, 6) is -0.629. The Morgan fingerprint density at radius 1 is 1.26 bits per heavy atom. The molecule has 1 aliphatic rings. The number of hydroxylamine groups is 2. The van der Waals surface area contributed by atoms with E-state index in [0.717, 1.165) is 11.5 Å². The first kappa shape index (κ1) is 24.6. The molecule has 2 amide bonds. The first-order chi connectivity index (χ1) is 16.9. The van der Waals surface area contributed by atoms with E-state index in [9.17, 15) is 9.59 Å². The minimum Gasteiger partial charge on any atom is -0.449 e. The summed E-state index contributed by atoms with van der Waals surface area (Å²) in [6, 6.07) is 3.14. The third-order valence-electron chi connectivity index (χ3n) is 5.99. The lowest BCUT2D eigenvalue weighted by Gasteiger charge is -2.36. The van der Waals surface area contributed by atoms with E-state index in [1.54, 1.807) is 37.0 Å². The standard InChI is InChI=1S/C23H30N6O6/c1-6-15-12-14(10-11-34-15)29(23(31)33-7-2)20-19-18(35-21(20)22(30)28(4)32-5)9-8-16(24-19)17-13-27(3)26-25-17/h8-9,13-15H,6-7,10-12H2,1-5H3. The van der Waals surface area contributed by atoms with Gasteiger partial charge in [0.05, 0.1) is 31.7 Å². The van der Waals surface area contributed by atoms with E-state index >= 15 is 0 Å². The lowest BCUT2D eigenvalue weighted by atomic mass is 9.99. The fourth-order valence-corrected chi connectivity index (χ4v) is 4.16. The molecule has 2 atom stereocenters. The van der Waals surface area contributed by atoms with Crippen LogP contribution in [0.4, 0.5) is 10.5 Å². The van der Waals surface area contributed by atoms with Gasteiger partial charge in [0, 0.05) is 26.7 Å². The molecule has 0 saturated carbocycles. The van der Waals surface area contributed by atoms with Gasteiger partial charge in [-0.15, -0.1) is 5.10 Å². The van der Waals surface area contributed by atoms with Crippen LogP contribution >= 0.6 is 0 Å². The van der Waals surface area contributed by atoms with Crippen LogP contribution in [-0.2, 0) is 21.4 Å². The molecule has 0 bridgehead atoms. The molecule has 4 heterocycles. The van der Waals surface area contributed by atoms with Gasteiger partial charge in [0.15, 0.2) is 5.58 Å². The molecule has 3 aromatic heterocycles. The zero-order valence-corrected chi connectivity index (χ0v) is 20.6. The third-order valence-corrected chi connectivity index (χ3v) is 5.99. The summed E-state index contributed by atoms with van der Waals surface area (Å²) in [7, 11) is 4.60. The molecule has 12 heteroatoms. The van der Waals surface area contributed by atoms with E-state index in [1.165, 1.54) is 19.1 Å². The smallest absolute Gasteiger partial charge is 0.414 e. The maximum atomic E-state index is 13.4. The number of fused-ring (bicyclic) bond motifs is 1. The second kappa shape index (κ2) is 10.4. The van der Waals surface area contributed by atoms with Gasteiger partial charge in [0.2, 0.25) is 5.76 Å². The number of rotatable bonds is 7. The summed E-state index contributed by atoms with van der Waals surface area (Å²) in [4.78, 5) is 38.0. The second-order valence-corrected chi connectivity index (χ2v) is 8.23. The number of hydrogen-bond donors (Lipinski definition) is 0. The first-order valence-electron chi connectivity index (χ1n) is 11.6. The van der Waals surface area contributed by atoms with Crippen molar-refractivity contribution in [3.8, 4) is 11.4 Å². The highest BCUT2D eigenvalue weighted by Gasteiger charge is 2.38. The molecule has 1 aliphatic heterocycles. The number of carbonyl (C=O) groups excluding carboxylic acids is 2. The monoisotopic (exact) mass is 486 g/mol. The summed E-state index contributed by atoms with van der Waals surface area (Å²) < 4.78 is 18.8. The van der Waals surface area contributed by atoms with Crippen LogP contribution in [0.1, 0.15) is 43.7 Å². The van der Waals surface area contributed by atoms with Crippen LogP contribution in [0.25, 0.3) is 22.5 Å². The highest BCUT2D eigenvalue weighted by atomic mass is 16.7. The number of amides is 2. The van der Waals surface area contributed by atoms with Gasteiger partial charge in [-0.25, -0.2) is 14.8 Å². The van der Waals surface area contributed by atoms with Crippen molar-refractivity contribution >= 4 is 28.8 Å². The number of nitrogens with zero attached hydrogens (tertiary/aromatic N) is 6.